The smallest absolute Gasteiger partial charge is 0.406 e. The Hall–Kier alpha value is -3.19. The summed E-state index contributed by atoms with van der Waals surface area (Å²) in [5.74, 6) is -0.301. The number of alkyl halides is 5. The summed E-state index contributed by atoms with van der Waals surface area (Å²) in [5, 5.41) is 3.16. The van der Waals surface area contributed by atoms with Gasteiger partial charge in [0.1, 0.15) is 5.75 Å². The van der Waals surface area contributed by atoms with E-state index in [1.54, 1.807) is 12.1 Å². The van der Waals surface area contributed by atoms with Gasteiger partial charge in [-0.05, 0) is 75.1 Å². The van der Waals surface area contributed by atoms with Crippen LogP contribution in [0.3, 0.4) is 0 Å². The van der Waals surface area contributed by atoms with Crippen LogP contribution in [-0.4, -0.2) is 13.5 Å². The van der Waals surface area contributed by atoms with Crippen molar-refractivity contribution in [1.82, 2.24) is 0 Å². The van der Waals surface area contributed by atoms with Crippen molar-refractivity contribution in [1.29, 1.82) is 0 Å². The van der Waals surface area contributed by atoms with Gasteiger partial charge in [0.2, 0.25) is 0 Å². The number of rotatable bonds is 4. The topological polar surface area (TPSA) is 18.5 Å². The van der Waals surface area contributed by atoms with Crippen LogP contribution < -0.4 is 4.74 Å². The Balaban J connectivity index is 1.73. The molecule has 0 unspecified atom stereocenters. The van der Waals surface area contributed by atoms with Gasteiger partial charge in [-0.15, -0.1) is 13.2 Å². The minimum Gasteiger partial charge on any atom is -0.406 e. The lowest BCUT2D eigenvalue weighted by atomic mass is 9.97. The van der Waals surface area contributed by atoms with Gasteiger partial charge in [0, 0.05) is 7.11 Å². The SMILES string of the molecule is COC(F)(F)c1ccc2cc3ccc(-c4ccc(OC(F)(F)F)cc4)cc3cc2c1. The minimum absolute atomic E-state index is 0.242. The number of halogens is 5. The predicted molar refractivity (Wildman–Crippen MR) is 104 cm³/mol. The van der Waals surface area contributed by atoms with E-state index in [-0.39, 0.29) is 11.3 Å². The van der Waals surface area contributed by atoms with Gasteiger partial charge in [-0.25, -0.2) is 0 Å². The fourth-order valence-electron chi connectivity index (χ4n) is 3.32. The normalized spacial score (nSPS) is 12.5. The second-order valence-corrected chi connectivity index (χ2v) is 6.77. The molecular weight excluding hydrogens is 403 g/mol. The van der Waals surface area contributed by atoms with E-state index in [4.69, 9.17) is 0 Å². The number of hydrogen-bond acceptors (Lipinski definition) is 2. The summed E-state index contributed by atoms with van der Waals surface area (Å²) in [6.07, 6.45) is -8.13. The molecule has 2 nitrogen and oxygen atoms in total. The number of ether oxygens (including phenoxy) is 2. The van der Waals surface area contributed by atoms with Crippen LogP contribution in [0, 0.1) is 0 Å². The van der Waals surface area contributed by atoms with Crippen LogP contribution in [0.25, 0.3) is 32.7 Å². The molecule has 0 spiro atoms. The molecule has 0 amide bonds. The van der Waals surface area contributed by atoms with Crippen LogP contribution in [0.1, 0.15) is 5.56 Å². The summed E-state index contributed by atoms with van der Waals surface area (Å²) in [5.41, 5.74) is 1.23. The van der Waals surface area contributed by atoms with E-state index in [1.807, 2.05) is 24.3 Å². The second-order valence-electron chi connectivity index (χ2n) is 6.77. The molecule has 4 aromatic rings. The molecule has 0 atom stereocenters. The highest BCUT2D eigenvalue weighted by molar-refractivity contribution is 6.00. The molecule has 30 heavy (non-hydrogen) atoms. The maximum Gasteiger partial charge on any atom is 0.573 e. The molecule has 0 fully saturated rings. The van der Waals surface area contributed by atoms with E-state index in [0.29, 0.717) is 10.9 Å². The van der Waals surface area contributed by atoms with Crippen LogP contribution in [0.2, 0.25) is 0 Å². The van der Waals surface area contributed by atoms with Crippen molar-refractivity contribution < 1.29 is 31.4 Å². The zero-order chi connectivity index (χ0) is 21.5. The number of hydrogen-bond donors (Lipinski definition) is 0. The highest BCUT2D eigenvalue weighted by Crippen LogP contribution is 2.34. The molecule has 154 valence electrons. The Morgan fingerprint density at radius 2 is 1.17 bits per heavy atom. The number of methoxy groups -OCH3 is 1. The molecule has 0 saturated carbocycles. The average Bonchev–Trinajstić information content (AvgIpc) is 2.70. The third-order valence-corrected chi connectivity index (χ3v) is 4.81. The largest absolute Gasteiger partial charge is 0.573 e. The molecule has 0 aliphatic carbocycles. The van der Waals surface area contributed by atoms with Gasteiger partial charge in [-0.2, -0.15) is 8.78 Å². The Kier molecular flexibility index (Phi) is 4.86. The van der Waals surface area contributed by atoms with E-state index in [1.165, 1.54) is 36.4 Å². The second kappa shape index (κ2) is 7.25. The molecule has 0 heterocycles. The van der Waals surface area contributed by atoms with E-state index in [9.17, 15) is 22.0 Å². The first-order valence-corrected chi connectivity index (χ1v) is 8.92. The predicted octanol–water partition coefficient (Wildman–Crippen LogP) is 7.25. The van der Waals surface area contributed by atoms with Gasteiger partial charge in [-0.1, -0.05) is 30.3 Å². The molecule has 4 rings (SSSR count). The van der Waals surface area contributed by atoms with Crippen molar-refractivity contribution in [2.45, 2.75) is 12.5 Å². The molecule has 0 saturated heterocycles. The zero-order valence-corrected chi connectivity index (χ0v) is 15.6. The lowest BCUT2D eigenvalue weighted by molar-refractivity contribution is -0.274. The number of fused-ring (bicyclic) bond motifs is 2. The average molecular weight is 418 g/mol. The third-order valence-electron chi connectivity index (χ3n) is 4.81. The van der Waals surface area contributed by atoms with Crippen molar-refractivity contribution in [2.24, 2.45) is 0 Å². The van der Waals surface area contributed by atoms with Crippen LogP contribution in [-0.2, 0) is 10.8 Å². The van der Waals surface area contributed by atoms with Crippen molar-refractivity contribution in [3.63, 3.8) is 0 Å². The van der Waals surface area contributed by atoms with Crippen LogP contribution in [0.5, 0.6) is 5.75 Å². The molecule has 7 heteroatoms. The fraction of sp³-hybridized carbons (Fsp3) is 0.130. The summed E-state index contributed by atoms with van der Waals surface area (Å²) < 4.78 is 72.8. The summed E-state index contributed by atoms with van der Waals surface area (Å²) in [6, 6.07) is 19.1. The van der Waals surface area contributed by atoms with Crippen molar-refractivity contribution in [3.8, 4) is 16.9 Å². The van der Waals surface area contributed by atoms with Gasteiger partial charge in [0.15, 0.2) is 0 Å². The Morgan fingerprint density at radius 1 is 0.600 bits per heavy atom. The van der Waals surface area contributed by atoms with Crippen LogP contribution >= 0.6 is 0 Å². The van der Waals surface area contributed by atoms with Crippen molar-refractivity contribution in [3.05, 3.63) is 78.4 Å². The standard InChI is InChI=1S/C23H15F5O2/c1-29-22(24,25)20-7-4-17-10-16-3-2-15(11-18(16)12-19(17)13-20)14-5-8-21(9-6-14)30-23(26,27)28/h2-13H,1H3. The van der Waals surface area contributed by atoms with E-state index < -0.39 is 12.5 Å². The van der Waals surface area contributed by atoms with Crippen molar-refractivity contribution in [2.75, 3.05) is 7.11 Å². The lowest BCUT2D eigenvalue weighted by Gasteiger charge is -2.15. The van der Waals surface area contributed by atoms with Gasteiger partial charge in [0.05, 0.1) is 5.56 Å². The molecule has 0 bridgehead atoms. The maximum atomic E-state index is 13.8. The molecule has 4 aromatic carbocycles. The van der Waals surface area contributed by atoms with Crippen LogP contribution in [0.4, 0.5) is 22.0 Å². The molecule has 0 aromatic heterocycles. The Labute approximate surface area is 168 Å². The highest BCUT2D eigenvalue weighted by atomic mass is 19.4. The Bertz CT molecular complexity index is 1210. The first kappa shape index (κ1) is 20.1. The third kappa shape index (κ3) is 4.07. The minimum atomic E-state index is -4.75. The summed E-state index contributed by atoms with van der Waals surface area (Å²) in [7, 11) is 0.946. The molecule has 0 N–H and O–H groups in total. The molecular formula is C23H15F5O2. The fourth-order valence-corrected chi connectivity index (χ4v) is 3.32. The van der Waals surface area contributed by atoms with E-state index >= 15 is 0 Å². The first-order valence-electron chi connectivity index (χ1n) is 8.92. The zero-order valence-electron chi connectivity index (χ0n) is 15.6. The Morgan fingerprint density at radius 3 is 1.80 bits per heavy atom. The van der Waals surface area contributed by atoms with E-state index in [0.717, 1.165) is 28.8 Å². The summed E-state index contributed by atoms with van der Waals surface area (Å²) in [6.45, 7) is 0. The first-order chi connectivity index (χ1) is 14.1. The summed E-state index contributed by atoms with van der Waals surface area (Å²) >= 11 is 0. The van der Waals surface area contributed by atoms with Crippen LogP contribution in [0.15, 0.2) is 72.8 Å². The van der Waals surface area contributed by atoms with Gasteiger partial charge in [-0.3, -0.25) is 0 Å². The molecule has 0 aliphatic rings. The highest BCUT2D eigenvalue weighted by Gasteiger charge is 2.31. The van der Waals surface area contributed by atoms with Crippen molar-refractivity contribution >= 4 is 21.5 Å². The lowest BCUT2D eigenvalue weighted by Crippen LogP contribution is -2.16. The number of benzene rings is 4. The van der Waals surface area contributed by atoms with E-state index in [2.05, 4.69) is 9.47 Å². The monoisotopic (exact) mass is 418 g/mol. The quantitative estimate of drug-likeness (QED) is 0.257. The maximum absolute atomic E-state index is 13.8. The molecule has 0 aliphatic heterocycles. The summed E-state index contributed by atoms with van der Waals surface area (Å²) in [4.78, 5) is 0. The van der Waals surface area contributed by atoms with Gasteiger partial charge >= 0.3 is 12.5 Å². The van der Waals surface area contributed by atoms with Gasteiger partial charge < -0.3 is 9.47 Å². The molecule has 0 radical (unpaired) electrons. The van der Waals surface area contributed by atoms with Gasteiger partial charge in [0.25, 0.3) is 0 Å².